The number of amides is 1. The van der Waals surface area contributed by atoms with Crippen molar-refractivity contribution in [3.05, 3.63) is 75.1 Å². The normalized spacial score (nSPS) is 14.1. The maximum atomic E-state index is 13.1. The molecule has 0 atom stereocenters. The number of carbonyl (C=O) groups excluding carboxylic acids is 1. The van der Waals surface area contributed by atoms with Gasteiger partial charge in [0.15, 0.2) is 0 Å². The van der Waals surface area contributed by atoms with E-state index in [0.717, 1.165) is 11.8 Å². The number of anilines is 1. The number of aromatic nitrogens is 4. The standard InChI is InChI=1S/C19H17FN6O3/c20-13-3-1-12(2-4-13)15-9-16(23-11-22-15)25-5-7-26(8-6-25)18(28)14-10-21-19(29)24-17(14)27/h1-4,9-11H,5-8H2,(H2,21,24,27,29). The number of rotatable bonds is 3. The second-order valence-electron chi connectivity index (χ2n) is 6.53. The molecule has 0 aliphatic carbocycles. The zero-order chi connectivity index (χ0) is 20.4. The minimum atomic E-state index is -0.707. The van der Waals surface area contributed by atoms with Crippen LogP contribution >= 0.6 is 0 Å². The third-order valence-electron chi connectivity index (χ3n) is 4.73. The van der Waals surface area contributed by atoms with Gasteiger partial charge in [0.05, 0.1) is 5.69 Å². The number of hydrogen-bond donors (Lipinski definition) is 2. The first-order valence-corrected chi connectivity index (χ1v) is 8.95. The molecule has 1 aliphatic heterocycles. The maximum Gasteiger partial charge on any atom is 0.325 e. The van der Waals surface area contributed by atoms with Crippen LogP contribution < -0.4 is 16.1 Å². The third-order valence-corrected chi connectivity index (χ3v) is 4.73. The minimum Gasteiger partial charge on any atom is -0.353 e. The number of aromatic amines is 2. The van der Waals surface area contributed by atoms with Gasteiger partial charge < -0.3 is 14.8 Å². The van der Waals surface area contributed by atoms with Gasteiger partial charge in [-0.3, -0.25) is 14.6 Å². The fraction of sp³-hybridized carbons (Fsp3) is 0.211. The van der Waals surface area contributed by atoms with Gasteiger partial charge in [0, 0.05) is 44.0 Å². The van der Waals surface area contributed by atoms with Gasteiger partial charge in [-0.2, -0.15) is 0 Å². The lowest BCUT2D eigenvalue weighted by Crippen LogP contribution is -2.50. The molecule has 4 rings (SSSR count). The van der Waals surface area contributed by atoms with Crippen LogP contribution in [0.3, 0.4) is 0 Å². The molecule has 0 saturated carbocycles. The number of nitrogens with one attached hydrogen (secondary N) is 2. The van der Waals surface area contributed by atoms with E-state index < -0.39 is 17.2 Å². The van der Waals surface area contributed by atoms with Crippen molar-refractivity contribution < 1.29 is 9.18 Å². The van der Waals surface area contributed by atoms with Crippen LogP contribution in [-0.2, 0) is 0 Å². The summed E-state index contributed by atoms with van der Waals surface area (Å²) in [7, 11) is 0. The molecule has 0 spiro atoms. The van der Waals surface area contributed by atoms with E-state index in [0.29, 0.717) is 37.7 Å². The van der Waals surface area contributed by atoms with E-state index in [1.807, 2.05) is 11.0 Å². The molecule has 3 aromatic rings. The number of piperazine rings is 1. The average molecular weight is 396 g/mol. The highest BCUT2D eigenvalue weighted by Crippen LogP contribution is 2.22. The van der Waals surface area contributed by atoms with Gasteiger partial charge >= 0.3 is 5.69 Å². The molecule has 2 aromatic heterocycles. The molecule has 0 bridgehead atoms. The first kappa shape index (κ1) is 18.5. The summed E-state index contributed by atoms with van der Waals surface area (Å²) in [6.07, 6.45) is 2.58. The van der Waals surface area contributed by atoms with Crippen molar-refractivity contribution in [1.82, 2.24) is 24.8 Å². The maximum absolute atomic E-state index is 13.1. The van der Waals surface area contributed by atoms with Crippen molar-refractivity contribution >= 4 is 11.7 Å². The van der Waals surface area contributed by atoms with Crippen LogP contribution in [0.5, 0.6) is 0 Å². The van der Waals surface area contributed by atoms with Crippen LogP contribution in [0, 0.1) is 5.82 Å². The minimum absolute atomic E-state index is 0.0984. The van der Waals surface area contributed by atoms with Gasteiger partial charge in [-0.05, 0) is 24.3 Å². The fourth-order valence-electron chi connectivity index (χ4n) is 3.18. The third kappa shape index (κ3) is 3.91. The number of benzene rings is 1. The summed E-state index contributed by atoms with van der Waals surface area (Å²) >= 11 is 0. The SMILES string of the molecule is O=C(c1c[nH]c(=O)[nH]c1=O)N1CCN(c2cc(-c3ccc(F)cc3)ncn2)CC1. The number of hydrogen-bond acceptors (Lipinski definition) is 6. The molecule has 1 aliphatic rings. The number of halogens is 1. The molecular formula is C19H17FN6O3. The van der Waals surface area contributed by atoms with E-state index in [1.54, 1.807) is 17.0 Å². The lowest BCUT2D eigenvalue weighted by atomic mass is 10.1. The molecule has 0 radical (unpaired) electrons. The van der Waals surface area contributed by atoms with Crippen LogP contribution in [0.2, 0.25) is 0 Å². The summed E-state index contributed by atoms with van der Waals surface area (Å²) in [6, 6.07) is 7.87. The molecule has 29 heavy (non-hydrogen) atoms. The molecular weight excluding hydrogens is 379 g/mol. The Balaban J connectivity index is 1.46. The van der Waals surface area contributed by atoms with Crippen LogP contribution in [0.25, 0.3) is 11.3 Å². The van der Waals surface area contributed by atoms with Crippen molar-refractivity contribution in [2.75, 3.05) is 31.1 Å². The van der Waals surface area contributed by atoms with Crippen LogP contribution in [0.4, 0.5) is 10.2 Å². The predicted octanol–water partition coefficient (Wildman–Crippen LogP) is 0.622. The van der Waals surface area contributed by atoms with E-state index in [1.165, 1.54) is 18.5 Å². The highest BCUT2D eigenvalue weighted by molar-refractivity contribution is 5.93. The topological polar surface area (TPSA) is 115 Å². The molecule has 9 nitrogen and oxygen atoms in total. The van der Waals surface area contributed by atoms with Crippen molar-refractivity contribution in [3.63, 3.8) is 0 Å². The molecule has 1 amide bonds. The highest BCUT2D eigenvalue weighted by Gasteiger charge is 2.25. The van der Waals surface area contributed by atoms with Gasteiger partial charge in [-0.15, -0.1) is 0 Å². The van der Waals surface area contributed by atoms with Gasteiger partial charge in [0.25, 0.3) is 11.5 Å². The van der Waals surface area contributed by atoms with Crippen LogP contribution in [0.15, 0.2) is 52.4 Å². The Kier molecular flexibility index (Phi) is 4.90. The first-order valence-electron chi connectivity index (χ1n) is 8.95. The van der Waals surface area contributed by atoms with E-state index in [2.05, 4.69) is 19.9 Å². The highest BCUT2D eigenvalue weighted by atomic mass is 19.1. The Morgan fingerprint density at radius 2 is 1.76 bits per heavy atom. The molecule has 10 heteroatoms. The second kappa shape index (κ2) is 7.66. The van der Waals surface area contributed by atoms with E-state index in [4.69, 9.17) is 0 Å². The lowest BCUT2D eigenvalue weighted by molar-refractivity contribution is 0.0744. The van der Waals surface area contributed by atoms with Crippen molar-refractivity contribution in [1.29, 1.82) is 0 Å². The Morgan fingerprint density at radius 3 is 2.45 bits per heavy atom. The van der Waals surface area contributed by atoms with Crippen molar-refractivity contribution in [2.24, 2.45) is 0 Å². The zero-order valence-corrected chi connectivity index (χ0v) is 15.3. The van der Waals surface area contributed by atoms with Gasteiger partial charge in [0.1, 0.15) is 23.5 Å². The Bertz CT molecular complexity index is 1150. The Labute approximate surface area is 163 Å². The van der Waals surface area contributed by atoms with Crippen molar-refractivity contribution in [2.45, 2.75) is 0 Å². The average Bonchev–Trinajstić information content (AvgIpc) is 2.74. The summed E-state index contributed by atoms with van der Waals surface area (Å²) in [4.78, 5) is 52.0. The molecule has 1 fully saturated rings. The summed E-state index contributed by atoms with van der Waals surface area (Å²) in [5.41, 5.74) is -0.00821. The smallest absolute Gasteiger partial charge is 0.325 e. The lowest BCUT2D eigenvalue weighted by Gasteiger charge is -2.35. The summed E-state index contributed by atoms with van der Waals surface area (Å²) in [5.74, 6) is -0.0460. The quantitative estimate of drug-likeness (QED) is 0.671. The molecule has 148 valence electrons. The predicted molar refractivity (Wildman–Crippen MR) is 103 cm³/mol. The molecule has 0 unspecified atom stereocenters. The number of nitrogens with zero attached hydrogens (tertiary/aromatic N) is 4. The van der Waals surface area contributed by atoms with Gasteiger partial charge in [-0.25, -0.2) is 19.2 Å². The van der Waals surface area contributed by atoms with Crippen LogP contribution in [0.1, 0.15) is 10.4 Å². The molecule has 2 N–H and O–H groups in total. The van der Waals surface area contributed by atoms with Gasteiger partial charge in [-0.1, -0.05) is 0 Å². The van der Waals surface area contributed by atoms with Crippen molar-refractivity contribution in [3.8, 4) is 11.3 Å². The second-order valence-corrected chi connectivity index (χ2v) is 6.53. The van der Waals surface area contributed by atoms with Gasteiger partial charge in [0.2, 0.25) is 0 Å². The number of carbonyl (C=O) groups is 1. The van der Waals surface area contributed by atoms with Crippen LogP contribution in [-0.4, -0.2) is 56.9 Å². The largest absolute Gasteiger partial charge is 0.353 e. The Hall–Kier alpha value is -3.82. The first-order chi connectivity index (χ1) is 14.0. The monoisotopic (exact) mass is 396 g/mol. The molecule has 3 heterocycles. The summed E-state index contributed by atoms with van der Waals surface area (Å²) in [6.45, 7) is 1.83. The summed E-state index contributed by atoms with van der Waals surface area (Å²) in [5, 5.41) is 0. The van der Waals surface area contributed by atoms with E-state index >= 15 is 0 Å². The zero-order valence-electron chi connectivity index (χ0n) is 15.3. The van der Waals surface area contributed by atoms with E-state index in [9.17, 15) is 18.8 Å². The van der Waals surface area contributed by atoms with E-state index in [-0.39, 0.29) is 11.4 Å². The fourth-order valence-corrected chi connectivity index (χ4v) is 3.18. The molecule has 1 aromatic carbocycles. The molecule has 1 saturated heterocycles. The Morgan fingerprint density at radius 1 is 1.03 bits per heavy atom. The number of H-pyrrole nitrogens is 2. The summed E-state index contributed by atoms with van der Waals surface area (Å²) < 4.78 is 13.1.